The second-order valence-corrected chi connectivity index (χ2v) is 9.50. The molecule has 0 N–H and O–H groups in total. The molecule has 0 heteroatoms. The molecule has 2 rings (SSSR count). The van der Waals surface area contributed by atoms with E-state index in [1.165, 1.54) is 70.6 Å². The van der Waals surface area contributed by atoms with Crippen LogP contribution in [0.5, 0.6) is 0 Å². The van der Waals surface area contributed by atoms with Crippen molar-refractivity contribution in [2.75, 3.05) is 0 Å². The Kier molecular flexibility index (Phi) is 8.48. The van der Waals surface area contributed by atoms with Crippen molar-refractivity contribution in [2.45, 2.75) is 124 Å². The van der Waals surface area contributed by atoms with Crippen LogP contribution >= 0.6 is 0 Å². The molecule has 3 atom stereocenters. The fraction of sp³-hybridized carbons (Fsp3) is 1.00. The van der Waals surface area contributed by atoms with Gasteiger partial charge in [-0.25, -0.2) is 0 Å². The Morgan fingerprint density at radius 2 is 1.57 bits per heavy atom. The Labute approximate surface area is 147 Å². The summed E-state index contributed by atoms with van der Waals surface area (Å²) in [7, 11) is 0. The first-order chi connectivity index (χ1) is 11.1. The summed E-state index contributed by atoms with van der Waals surface area (Å²) in [6.07, 6.45) is 24.2. The quantitative estimate of drug-likeness (QED) is 0.433. The van der Waals surface area contributed by atoms with Gasteiger partial charge >= 0.3 is 0 Å². The summed E-state index contributed by atoms with van der Waals surface area (Å²) in [5.41, 5.74) is 0.720. The van der Waals surface area contributed by atoms with Crippen LogP contribution in [0.3, 0.4) is 0 Å². The van der Waals surface area contributed by atoms with E-state index in [-0.39, 0.29) is 0 Å². The van der Waals surface area contributed by atoms with Crippen molar-refractivity contribution in [2.24, 2.45) is 23.2 Å². The van der Waals surface area contributed by atoms with Gasteiger partial charge in [-0.15, -0.1) is 0 Å². The standard InChI is InChI=1S/C23H44/c1-4-20(2)14-17-23(16-10-11-21(3)15-18-23)19-22-12-8-6-5-7-9-13-22/h20-22H,4-19H2,1-3H3. The molecule has 136 valence electrons. The summed E-state index contributed by atoms with van der Waals surface area (Å²) in [5, 5.41) is 0. The molecule has 0 amide bonds. The molecule has 0 spiro atoms. The third-order valence-electron chi connectivity index (χ3n) is 7.38. The molecule has 2 saturated carbocycles. The molecule has 2 aliphatic rings. The second kappa shape index (κ2) is 10.1. The lowest BCUT2D eigenvalue weighted by molar-refractivity contribution is 0.138. The molecule has 0 radical (unpaired) electrons. The molecule has 2 aliphatic carbocycles. The Morgan fingerprint density at radius 3 is 2.26 bits per heavy atom. The third-order valence-corrected chi connectivity index (χ3v) is 7.38. The summed E-state index contributed by atoms with van der Waals surface area (Å²) in [5.74, 6) is 2.98. The van der Waals surface area contributed by atoms with Gasteiger partial charge in [-0.1, -0.05) is 97.8 Å². The Morgan fingerprint density at radius 1 is 0.870 bits per heavy atom. The van der Waals surface area contributed by atoms with E-state index in [9.17, 15) is 0 Å². The van der Waals surface area contributed by atoms with Gasteiger partial charge in [0.15, 0.2) is 0 Å². The van der Waals surface area contributed by atoms with E-state index in [0.29, 0.717) is 0 Å². The van der Waals surface area contributed by atoms with Crippen LogP contribution in [0.25, 0.3) is 0 Å². The van der Waals surface area contributed by atoms with E-state index in [0.717, 1.165) is 23.2 Å². The summed E-state index contributed by atoms with van der Waals surface area (Å²) >= 11 is 0. The van der Waals surface area contributed by atoms with Crippen molar-refractivity contribution >= 4 is 0 Å². The van der Waals surface area contributed by atoms with Crippen molar-refractivity contribution in [3.8, 4) is 0 Å². The first-order valence-electron chi connectivity index (χ1n) is 11.1. The van der Waals surface area contributed by atoms with Gasteiger partial charge in [-0.3, -0.25) is 0 Å². The zero-order valence-corrected chi connectivity index (χ0v) is 16.5. The van der Waals surface area contributed by atoms with Gasteiger partial charge < -0.3 is 0 Å². The highest BCUT2D eigenvalue weighted by atomic mass is 14.4. The van der Waals surface area contributed by atoms with Crippen LogP contribution in [0.2, 0.25) is 0 Å². The van der Waals surface area contributed by atoms with Crippen LogP contribution in [0, 0.1) is 23.2 Å². The lowest BCUT2D eigenvalue weighted by Gasteiger charge is -2.38. The molecule has 23 heavy (non-hydrogen) atoms. The topological polar surface area (TPSA) is 0 Å². The first-order valence-corrected chi connectivity index (χ1v) is 11.1. The summed E-state index contributed by atoms with van der Waals surface area (Å²) < 4.78 is 0. The van der Waals surface area contributed by atoms with Gasteiger partial charge in [0.1, 0.15) is 0 Å². The largest absolute Gasteiger partial charge is 0.0651 e. The van der Waals surface area contributed by atoms with Crippen molar-refractivity contribution in [3.63, 3.8) is 0 Å². The van der Waals surface area contributed by atoms with E-state index >= 15 is 0 Å². The summed E-state index contributed by atoms with van der Waals surface area (Å²) in [6.45, 7) is 7.35. The van der Waals surface area contributed by atoms with Crippen LogP contribution in [0.1, 0.15) is 124 Å². The minimum atomic E-state index is 0.720. The summed E-state index contributed by atoms with van der Waals surface area (Å²) in [4.78, 5) is 0. The highest BCUT2D eigenvalue weighted by Gasteiger charge is 2.34. The maximum Gasteiger partial charge on any atom is -0.0295 e. The highest BCUT2D eigenvalue weighted by Crippen LogP contribution is 2.47. The van der Waals surface area contributed by atoms with Crippen molar-refractivity contribution < 1.29 is 0 Å². The van der Waals surface area contributed by atoms with Crippen molar-refractivity contribution in [3.05, 3.63) is 0 Å². The molecule has 0 aromatic carbocycles. The molecular weight excluding hydrogens is 276 g/mol. The lowest BCUT2D eigenvalue weighted by Crippen LogP contribution is -2.25. The fourth-order valence-electron chi connectivity index (χ4n) is 5.32. The summed E-state index contributed by atoms with van der Waals surface area (Å²) in [6, 6.07) is 0. The van der Waals surface area contributed by atoms with Crippen LogP contribution in [0.15, 0.2) is 0 Å². The van der Waals surface area contributed by atoms with Gasteiger partial charge in [0.2, 0.25) is 0 Å². The second-order valence-electron chi connectivity index (χ2n) is 9.50. The van der Waals surface area contributed by atoms with E-state index in [1.807, 2.05) is 0 Å². The van der Waals surface area contributed by atoms with Gasteiger partial charge in [0.05, 0.1) is 0 Å². The molecule has 0 heterocycles. The zero-order chi connectivity index (χ0) is 16.5. The van der Waals surface area contributed by atoms with Crippen LogP contribution in [-0.2, 0) is 0 Å². The smallest absolute Gasteiger partial charge is 0.0295 e. The van der Waals surface area contributed by atoms with Crippen LogP contribution < -0.4 is 0 Å². The maximum absolute atomic E-state index is 2.50. The molecule has 0 bridgehead atoms. The molecule has 0 saturated heterocycles. The fourth-order valence-corrected chi connectivity index (χ4v) is 5.32. The van der Waals surface area contributed by atoms with E-state index in [2.05, 4.69) is 20.8 Å². The molecule has 0 aliphatic heterocycles. The van der Waals surface area contributed by atoms with Gasteiger partial charge in [0, 0.05) is 0 Å². The van der Waals surface area contributed by atoms with Gasteiger partial charge in [-0.05, 0) is 48.9 Å². The number of hydrogen-bond acceptors (Lipinski definition) is 0. The Bertz CT molecular complexity index is 299. The molecule has 0 aromatic rings. The molecule has 0 nitrogen and oxygen atoms in total. The highest BCUT2D eigenvalue weighted by molar-refractivity contribution is 4.86. The van der Waals surface area contributed by atoms with Crippen LogP contribution in [-0.4, -0.2) is 0 Å². The number of hydrogen-bond donors (Lipinski definition) is 0. The maximum atomic E-state index is 2.50. The minimum absolute atomic E-state index is 0.720. The molecule has 0 aromatic heterocycles. The first kappa shape index (κ1) is 19.3. The normalized spacial score (nSPS) is 32.7. The zero-order valence-electron chi connectivity index (χ0n) is 16.5. The molecule has 3 unspecified atom stereocenters. The lowest BCUT2D eigenvalue weighted by atomic mass is 9.67. The monoisotopic (exact) mass is 320 g/mol. The average molecular weight is 321 g/mol. The third kappa shape index (κ3) is 6.79. The Hall–Kier alpha value is 0. The number of rotatable bonds is 6. The van der Waals surface area contributed by atoms with E-state index in [1.54, 1.807) is 32.1 Å². The van der Waals surface area contributed by atoms with Gasteiger partial charge in [-0.2, -0.15) is 0 Å². The van der Waals surface area contributed by atoms with E-state index < -0.39 is 0 Å². The average Bonchev–Trinajstić information content (AvgIpc) is 2.70. The van der Waals surface area contributed by atoms with Crippen LogP contribution in [0.4, 0.5) is 0 Å². The van der Waals surface area contributed by atoms with Crippen molar-refractivity contribution in [1.82, 2.24) is 0 Å². The molecule has 2 fully saturated rings. The SMILES string of the molecule is CCC(C)CCC1(CC2CCCCCCC2)CCCC(C)CC1. The van der Waals surface area contributed by atoms with Gasteiger partial charge in [0.25, 0.3) is 0 Å². The minimum Gasteiger partial charge on any atom is -0.0651 e. The predicted molar refractivity (Wildman–Crippen MR) is 104 cm³/mol. The van der Waals surface area contributed by atoms with Crippen molar-refractivity contribution in [1.29, 1.82) is 0 Å². The molecular formula is C23H44. The Balaban J connectivity index is 1.98. The van der Waals surface area contributed by atoms with E-state index in [4.69, 9.17) is 0 Å². The predicted octanol–water partition coefficient (Wildman–Crippen LogP) is 8.15.